The molecule has 1 fully saturated rings. The van der Waals surface area contributed by atoms with Gasteiger partial charge in [0.05, 0.1) is 12.2 Å². The Morgan fingerprint density at radius 1 is 1.29 bits per heavy atom. The molecule has 0 radical (unpaired) electrons. The summed E-state index contributed by atoms with van der Waals surface area (Å²) in [6.07, 6.45) is 2.09. The third-order valence-corrected chi connectivity index (χ3v) is 3.01. The molecule has 1 saturated heterocycles. The predicted molar refractivity (Wildman–Crippen MR) is 68.5 cm³/mol. The summed E-state index contributed by atoms with van der Waals surface area (Å²) in [4.78, 5) is 10.9. The van der Waals surface area contributed by atoms with E-state index in [4.69, 9.17) is 4.74 Å². The Labute approximate surface area is 102 Å². The molecule has 1 N–H and O–H groups in total. The number of rotatable bonds is 2. The maximum absolute atomic E-state index is 5.73. The standard InChI is InChI=1S/C12H20N4O/c1-8-5-16(6-9(2)17-8)12-10(3)11(13-4)14-7-15-12/h7-9H,5-6H2,1-4H3,(H,13,14,15)/t8-,9+. The quantitative estimate of drug-likeness (QED) is 0.842. The van der Waals surface area contributed by atoms with Crippen molar-refractivity contribution in [2.24, 2.45) is 0 Å². The van der Waals surface area contributed by atoms with Gasteiger partial charge in [-0.25, -0.2) is 9.97 Å². The van der Waals surface area contributed by atoms with Crippen LogP contribution in [0.25, 0.3) is 0 Å². The van der Waals surface area contributed by atoms with Crippen molar-refractivity contribution >= 4 is 11.6 Å². The summed E-state index contributed by atoms with van der Waals surface area (Å²) in [5.74, 6) is 1.90. The van der Waals surface area contributed by atoms with Crippen molar-refractivity contribution in [2.75, 3.05) is 30.4 Å². The molecular formula is C12H20N4O. The molecule has 2 atom stereocenters. The van der Waals surface area contributed by atoms with Crippen LogP contribution >= 0.6 is 0 Å². The van der Waals surface area contributed by atoms with E-state index in [0.717, 1.165) is 30.3 Å². The monoisotopic (exact) mass is 236 g/mol. The highest BCUT2D eigenvalue weighted by atomic mass is 16.5. The number of hydrogen-bond donors (Lipinski definition) is 1. The lowest BCUT2D eigenvalue weighted by Gasteiger charge is -2.36. The molecule has 0 aliphatic carbocycles. The first-order valence-electron chi connectivity index (χ1n) is 6.01. The number of aromatic nitrogens is 2. The molecule has 5 heteroatoms. The van der Waals surface area contributed by atoms with Crippen LogP contribution < -0.4 is 10.2 Å². The molecule has 0 bridgehead atoms. The van der Waals surface area contributed by atoms with Gasteiger partial charge in [0, 0.05) is 25.7 Å². The van der Waals surface area contributed by atoms with E-state index in [1.807, 2.05) is 14.0 Å². The molecule has 0 aromatic carbocycles. The van der Waals surface area contributed by atoms with Crippen molar-refractivity contribution in [2.45, 2.75) is 33.0 Å². The normalized spacial score (nSPS) is 24.8. The van der Waals surface area contributed by atoms with Crippen LogP contribution in [0.1, 0.15) is 19.4 Å². The fraction of sp³-hybridized carbons (Fsp3) is 0.667. The third-order valence-electron chi connectivity index (χ3n) is 3.01. The Morgan fingerprint density at radius 3 is 2.53 bits per heavy atom. The molecular weight excluding hydrogens is 216 g/mol. The summed E-state index contributed by atoms with van der Waals surface area (Å²) >= 11 is 0. The fourth-order valence-corrected chi connectivity index (χ4v) is 2.36. The number of hydrogen-bond acceptors (Lipinski definition) is 5. The Bertz CT molecular complexity index is 386. The second kappa shape index (κ2) is 4.87. The van der Waals surface area contributed by atoms with Crippen molar-refractivity contribution < 1.29 is 4.74 Å². The molecule has 1 aliphatic heterocycles. The van der Waals surface area contributed by atoms with Crippen LogP contribution in [-0.4, -0.2) is 42.3 Å². The second-order valence-electron chi connectivity index (χ2n) is 4.58. The molecule has 0 amide bonds. The number of anilines is 2. The van der Waals surface area contributed by atoms with E-state index in [2.05, 4.69) is 34.0 Å². The Hall–Kier alpha value is -1.36. The molecule has 2 rings (SSSR count). The molecule has 2 heterocycles. The molecule has 94 valence electrons. The zero-order valence-electron chi connectivity index (χ0n) is 10.9. The van der Waals surface area contributed by atoms with Crippen LogP contribution in [0, 0.1) is 6.92 Å². The summed E-state index contributed by atoms with van der Waals surface area (Å²) in [5, 5.41) is 3.09. The van der Waals surface area contributed by atoms with Crippen LogP contribution in [0.5, 0.6) is 0 Å². The zero-order chi connectivity index (χ0) is 12.4. The lowest BCUT2D eigenvalue weighted by atomic mass is 10.2. The molecule has 0 unspecified atom stereocenters. The highest BCUT2D eigenvalue weighted by Crippen LogP contribution is 2.24. The highest BCUT2D eigenvalue weighted by Gasteiger charge is 2.24. The van der Waals surface area contributed by atoms with Crippen molar-refractivity contribution in [1.29, 1.82) is 0 Å². The maximum atomic E-state index is 5.73. The average Bonchev–Trinajstić information content (AvgIpc) is 2.28. The SMILES string of the molecule is CNc1ncnc(N2C[C@@H](C)O[C@@H](C)C2)c1C. The van der Waals surface area contributed by atoms with E-state index in [9.17, 15) is 0 Å². The Kier molecular flexibility index (Phi) is 3.47. The minimum absolute atomic E-state index is 0.242. The van der Waals surface area contributed by atoms with Gasteiger partial charge < -0.3 is 15.0 Å². The third kappa shape index (κ3) is 2.49. The summed E-state index contributed by atoms with van der Waals surface area (Å²) in [6.45, 7) is 8.00. The predicted octanol–water partition coefficient (Wildman–Crippen LogP) is 1.44. The molecule has 0 spiro atoms. The van der Waals surface area contributed by atoms with Crippen LogP contribution in [0.2, 0.25) is 0 Å². The van der Waals surface area contributed by atoms with Gasteiger partial charge in [0.2, 0.25) is 0 Å². The zero-order valence-corrected chi connectivity index (χ0v) is 10.9. The summed E-state index contributed by atoms with van der Waals surface area (Å²) in [6, 6.07) is 0. The van der Waals surface area contributed by atoms with Crippen molar-refractivity contribution in [3.05, 3.63) is 11.9 Å². The van der Waals surface area contributed by atoms with Gasteiger partial charge >= 0.3 is 0 Å². The Balaban J connectivity index is 2.27. The van der Waals surface area contributed by atoms with Crippen molar-refractivity contribution in [1.82, 2.24) is 9.97 Å². The van der Waals surface area contributed by atoms with E-state index in [1.54, 1.807) is 6.33 Å². The van der Waals surface area contributed by atoms with E-state index in [1.165, 1.54) is 0 Å². The minimum Gasteiger partial charge on any atom is -0.373 e. The van der Waals surface area contributed by atoms with Gasteiger partial charge in [-0.15, -0.1) is 0 Å². The molecule has 1 aliphatic rings. The molecule has 0 saturated carbocycles. The van der Waals surface area contributed by atoms with Gasteiger partial charge in [0.15, 0.2) is 0 Å². The molecule has 5 nitrogen and oxygen atoms in total. The second-order valence-corrected chi connectivity index (χ2v) is 4.58. The molecule has 1 aromatic heterocycles. The minimum atomic E-state index is 0.242. The Morgan fingerprint density at radius 2 is 1.94 bits per heavy atom. The number of morpholine rings is 1. The van der Waals surface area contributed by atoms with E-state index < -0.39 is 0 Å². The number of nitrogens with one attached hydrogen (secondary N) is 1. The van der Waals surface area contributed by atoms with E-state index in [0.29, 0.717) is 0 Å². The largest absolute Gasteiger partial charge is 0.373 e. The van der Waals surface area contributed by atoms with Gasteiger partial charge in [-0.1, -0.05) is 0 Å². The first-order valence-corrected chi connectivity index (χ1v) is 6.01. The fourth-order valence-electron chi connectivity index (χ4n) is 2.36. The van der Waals surface area contributed by atoms with Gasteiger partial charge in [-0.2, -0.15) is 0 Å². The smallest absolute Gasteiger partial charge is 0.137 e. The van der Waals surface area contributed by atoms with Gasteiger partial charge in [-0.3, -0.25) is 0 Å². The first kappa shape index (κ1) is 12.1. The lowest BCUT2D eigenvalue weighted by Crippen LogP contribution is -2.46. The van der Waals surface area contributed by atoms with Crippen molar-refractivity contribution in [3.8, 4) is 0 Å². The summed E-state index contributed by atoms with van der Waals surface area (Å²) < 4.78 is 5.73. The topological polar surface area (TPSA) is 50.3 Å². The number of ether oxygens (including phenoxy) is 1. The lowest BCUT2D eigenvalue weighted by molar-refractivity contribution is -0.00549. The van der Waals surface area contributed by atoms with Gasteiger partial charge in [-0.05, 0) is 20.8 Å². The van der Waals surface area contributed by atoms with Crippen molar-refractivity contribution in [3.63, 3.8) is 0 Å². The van der Waals surface area contributed by atoms with E-state index in [-0.39, 0.29) is 12.2 Å². The molecule has 1 aromatic rings. The van der Waals surface area contributed by atoms with Crippen LogP contribution in [0.4, 0.5) is 11.6 Å². The van der Waals surface area contributed by atoms with E-state index >= 15 is 0 Å². The van der Waals surface area contributed by atoms with Crippen LogP contribution in [-0.2, 0) is 4.74 Å². The van der Waals surface area contributed by atoms with Gasteiger partial charge in [0.1, 0.15) is 18.0 Å². The van der Waals surface area contributed by atoms with Crippen LogP contribution in [0.3, 0.4) is 0 Å². The first-order chi connectivity index (χ1) is 8.11. The highest BCUT2D eigenvalue weighted by molar-refractivity contribution is 5.57. The average molecular weight is 236 g/mol. The maximum Gasteiger partial charge on any atom is 0.137 e. The summed E-state index contributed by atoms with van der Waals surface area (Å²) in [5.41, 5.74) is 1.09. The van der Waals surface area contributed by atoms with Gasteiger partial charge in [0.25, 0.3) is 0 Å². The molecule has 17 heavy (non-hydrogen) atoms. The summed E-state index contributed by atoms with van der Waals surface area (Å²) in [7, 11) is 1.88. The van der Waals surface area contributed by atoms with Crippen LogP contribution in [0.15, 0.2) is 6.33 Å². The number of nitrogens with zero attached hydrogens (tertiary/aromatic N) is 3.